The summed E-state index contributed by atoms with van der Waals surface area (Å²) in [6.45, 7) is 11.3. The number of aliphatic carboxylic acids is 1. The molecule has 6 rings (SSSR count). The Morgan fingerprint density at radius 1 is 1.11 bits per heavy atom. The van der Waals surface area contributed by atoms with E-state index in [4.69, 9.17) is 19.2 Å². The predicted molar refractivity (Wildman–Crippen MR) is 209 cm³/mol. The standard InChI is InChI=1S/C39H49N7O9S/c1-7-21-18-39(21,34(49)50)45-32(47)29-16-24(19-46(29)33(48)31(38(3,4)5)43-37(52)55-22-11-9-10-12-22)54-30-17-27(41-26-15-23(53-6)13-14-25(26)30)28-20-56-36(42-28)44-35(51)40-8-2/h7,13-15,17,20-22,24,29,31H,1,8-12,16,18-19H2,2-6H3,(H,43,52)(H,45,47)(H,49,50)(H2,40,42,44,51)/t21-,24?,29+,31-,39-/m1/s1. The number of hydrogen-bond acceptors (Lipinski definition) is 11. The van der Waals surface area contributed by atoms with Crippen LogP contribution >= 0.6 is 11.3 Å². The second-order valence-corrected chi connectivity index (χ2v) is 16.3. The van der Waals surface area contributed by atoms with Crippen molar-refractivity contribution in [1.29, 1.82) is 0 Å². The lowest BCUT2D eigenvalue weighted by Gasteiger charge is -2.35. The van der Waals surface area contributed by atoms with Crippen molar-refractivity contribution in [3.05, 3.63) is 42.3 Å². The lowest BCUT2D eigenvalue weighted by atomic mass is 9.85. The number of ether oxygens (including phenoxy) is 3. The molecule has 1 unspecified atom stereocenters. The van der Waals surface area contributed by atoms with Gasteiger partial charge in [0.1, 0.15) is 47.0 Å². The van der Waals surface area contributed by atoms with E-state index in [0.717, 1.165) is 25.7 Å². The fourth-order valence-electron chi connectivity index (χ4n) is 7.28. The van der Waals surface area contributed by atoms with Gasteiger partial charge < -0.3 is 40.2 Å². The van der Waals surface area contributed by atoms with Crippen molar-refractivity contribution >= 4 is 57.3 Å². The molecule has 1 aliphatic heterocycles. The molecule has 1 aromatic carbocycles. The van der Waals surface area contributed by atoms with E-state index in [9.17, 15) is 29.1 Å². The summed E-state index contributed by atoms with van der Waals surface area (Å²) in [6, 6.07) is 4.38. The van der Waals surface area contributed by atoms with Crippen LogP contribution in [0.5, 0.6) is 11.5 Å². The van der Waals surface area contributed by atoms with Crippen LogP contribution in [0.3, 0.4) is 0 Å². The van der Waals surface area contributed by atoms with E-state index in [-0.39, 0.29) is 25.5 Å². The van der Waals surface area contributed by atoms with E-state index in [0.29, 0.717) is 45.5 Å². The van der Waals surface area contributed by atoms with E-state index in [1.165, 1.54) is 22.3 Å². The minimum Gasteiger partial charge on any atom is -0.497 e. The number of carbonyl (C=O) groups excluding carboxylic acids is 4. The highest BCUT2D eigenvalue weighted by molar-refractivity contribution is 7.14. The number of urea groups is 1. The first-order valence-corrected chi connectivity index (χ1v) is 19.7. The second kappa shape index (κ2) is 16.3. The van der Waals surface area contributed by atoms with Crippen molar-refractivity contribution in [1.82, 2.24) is 30.8 Å². The molecule has 1 saturated heterocycles. The molecule has 3 heterocycles. The van der Waals surface area contributed by atoms with Gasteiger partial charge in [0, 0.05) is 41.8 Å². The third kappa shape index (κ3) is 8.67. The number of hydrogen-bond donors (Lipinski definition) is 5. The van der Waals surface area contributed by atoms with E-state index >= 15 is 0 Å². The van der Waals surface area contributed by atoms with E-state index in [1.807, 2.05) is 0 Å². The number of benzene rings is 1. The maximum absolute atomic E-state index is 14.6. The minimum atomic E-state index is -1.53. The van der Waals surface area contributed by atoms with Crippen LogP contribution in [-0.2, 0) is 19.1 Å². The molecule has 5 atom stereocenters. The van der Waals surface area contributed by atoms with Crippen molar-refractivity contribution in [3.8, 4) is 22.9 Å². The molecule has 2 aromatic heterocycles. The normalized spacial score (nSPS) is 22.5. The van der Waals surface area contributed by atoms with Crippen LogP contribution in [0.4, 0.5) is 14.7 Å². The zero-order valence-electron chi connectivity index (χ0n) is 32.2. The Bertz CT molecular complexity index is 2010. The highest BCUT2D eigenvalue weighted by Gasteiger charge is 2.61. The van der Waals surface area contributed by atoms with Crippen LogP contribution in [0.1, 0.15) is 66.2 Å². The van der Waals surface area contributed by atoms with E-state index < -0.39 is 65.0 Å². The Morgan fingerprint density at radius 2 is 1.86 bits per heavy atom. The summed E-state index contributed by atoms with van der Waals surface area (Å²) in [5.74, 6) is -1.92. The number of aromatic nitrogens is 2. The van der Waals surface area contributed by atoms with Crippen LogP contribution in [0.15, 0.2) is 42.3 Å². The average molecular weight is 792 g/mol. The summed E-state index contributed by atoms with van der Waals surface area (Å²) < 4.78 is 17.8. The van der Waals surface area contributed by atoms with Gasteiger partial charge in [-0.25, -0.2) is 24.4 Å². The number of anilines is 1. The number of alkyl carbamates (subject to hydrolysis) is 1. The summed E-state index contributed by atoms with van der Waals surface area (Å²) in [5, 5.41) is 23.7. The first kappa shape index (κ1) is 40.2. The fourth-order valence-corrected chi connectivity index (χ4v) is 7.98. The number of carboxylic acids is 1. The largest absolute Gasteiger partial charge is 0.497 e. The van der Waals surface area contributed by atoms with E-state index in [2.05, 4.69) is 32.8 Å². The van der Waals surface area contributed by atoms with Crippen LogP contribution in [0.25, 0.3) is 22.3 Å². The van der Waals surface area contributed by atoms with Gasteiger partial charge in [0.05, 0.1) is 24.9 Å². The second-order valence-electron chi connectivity index (χ2n) is 15.5. The number of carboxylic acid groups (broad SMARTS) is 1. The molecule has 2 saturated carbocycles. The lowest BCUT2D eigenvalue weighted by Crippen LogP contribution is -2.59. The zero-order valence-corrected chi connectivity index (χ0v) is 33.0. The molecule has 300 valence electrons. The lowest BCUT2D eigenvalue weighted by molar-refractivity contribution is -0.146. The maximum Gasteiger partial charge on any atom is 0.408 e. The number of fused-ring (bicyclic) bond motifs is 1. The number of amides is 5. The Labute approximate surface area is 328 Å². The molecule has 0 spiro atoms. The molecule has 3 aromatic rings. The number of likely N-dealkylation sites (tertiary alicyclic amines) is 1. The summed E-state index contributed by atoms with van der Waals surface area (Å²) in [5.41, 5.74) is -0.903. The molecule has 5 N–H and O–H groups in total. The van der Waals surface area contributed by atoms with Gasteiger partial charge in [0.25, 0.3) is 0 Å². The molecule has 56 heavy (non-hydrogen) atoms. The van der Waals surface area contributed by atoms with Crippen molar-refractivity contribution in [2.45, 2.75) is 96.1 Å². The van der Waals surface area contributed by atoms with Crippen molar-refractivity contribution in [2.24, 2.45) is 11.3 Å². The third-order valence-corrected chi connectivity index (χ3v) is 11.2. The summed E-state index contributed by atoms with van der Waals surface area (Å²) in [4.78, 5) is 77.0. The summed E-state index contributed by atoms with van der Waals surface area (Å²) >= 11 is 1.22. The molecule has 16 nitrogen and oxygen atoms in total. The highest BCUT2D eigenvalue weighted by Crippen LogP contribution is 2.45. The smallest absolute Gasteiger partial charge is 0.408 e. The van der Waals surface area contributed by atoms with Gasteiger partial charge in [-0.05, 0) is 56.6 Å². The Hall–Kier alpha value is -5.45. The van der Waals surface area contributed by atoms with Crippen molar-refractivity contribution in [3.63, 3.8) is 0 Å². The molecule has 3 fully saturated rings. The average Bonchev–Trinajstić information content (AvgIpc) is 3.56. The SMILES string of the molecule is C=C[C@@H]1C[C@]1(NC(=O)[C@@H]1CC(Oc2cc(-c3csc(NC(=O)NCC)n3)nc3cc(OC)ccc23)CN1C(=O)[C@@H](NC(=O)OC1CCCC1)C(C)(C)C)C(=O)O. The number of pyridine rings is 1. The molecule has 0 bridgehead atoms. The van der Waals surface area contributed by atoms with Gasteiger partial charge in [0.2, 0.25) is 11.8 Å². The van der Waals surface area contributed by atoms with Crippen LogP contribution in [0, 0.1) is 11.3 Å². The fraction of sp³-hybridized carbons (Fsp3) is 0.513. The maximum atomic E-state index is 14.6. The zero-order chi connectivity index (χ0) is 40.4. The Balaban J connectivity index is 1.32. The molecular weight excluding hydrogens is 743 g/mol. The Kier molecular flexibility index (Phi) is 11.7. The quantitative estimate of drug-likeness (QED) is 0.144. The first-order chi connectivity index (χ1) is 26.6. The number of thiazole rings is 1. The van der Waals surface area contributed by atoms with Gasteiger partial charge in [0.15, 0.2) is 5.13 Å². The third-order valence-electron chi connectivity index (χ3n) is 10.4. The van der Waals surface area contributed by atoms with Gasteiger partial charge in [-0.1, -0.05) is 26.8 Å². The van der Waals surface area contributed by atoms with Crippen molar-refractivity contribution < 1.29 is 43.3 Å². The van der Waals surface area contributed by atoms with Gasteiger partial charge >= 0.3 is 18.1 Å². The molecule has 0 radical (unpaired) electrons. The number of rotatable bonds is 13. The van der Waals surface area contributed by atoms with Gasteiger partial charge in [-0.2, -0.15) is 0 Å². The van der Waals surface area contributed by atoms with Crippen molar-refractivity contribution in [2.75, 3.05) is 25.5 Å². The number of nitrogens with zero attached hydrogens (tertiary/aromatic N) is 3. The molecule has 2 aliphatic carbocycles. The van der Waals surface area contributed by atoms with Crippen LogP contribution in [-0.4, -0.2) is 99.9 Å². The van der Waals surface area contributed by atoms with Crippen LogP contribution in [0.2, 0.25) is 0 Å². The topological polar surface area (TPSA) is 210 Å². The molecular formula is C39H49N7O9S. The van der Waals surface area contributed by atoms with Crippen LogP contribution < -0.4 is 30.7 Å². The van der Waals surface area contributed by atoms with E-state index in [1.54, 1.807) is 64.5 Å². The number of methoxy groups -OCH3 is 1. The summed E-state index contributed by atoms with van der Waals surface area (Å²) in [6.07, 6.45) is 3.40. The van der Waals surface area contributed by atoms with Gasteiger partial charge in [-0.15, -0.1) is 17.9 Å². The molecule has 5 amide bonds. The molecule has 3 aliphatic rings. The number of carbonyl (C=O) groups is 5. The highest BCUT2D eigenvalue weighted by atomic mass is 32.1. The monoisotopic (exact) mass is 791 g/mol. The summed E-state index contributed by atoms with van der Waals surface area (Å²) in [7, 11) is 1.54. The number of nitrogens with one attached hydrogen (secondary N) is 4. The minimum absolute atomic E-state index is 0.0159. The molecule has 17 heteroatoms. The predicted octanol–water partition coefficient (Wildman–Crippen LogP) is 5.09. The Morgan fingerprint density at radius 3 is 2.50 bits per heavy atom. The van der Waals surface area contributed by atoms with Gasteiger partial charge in [-0.3, -0.25) is 14.9 Å². The first-order valence-electron chi connectivity index (χ1n) is 18.8.